The largest absolute Gasteiger partial charge is 0.370 e. The second-order valence-corrected chi connectivity index (χ2v) is 9.05. The fourth-order valence-electron chi connectivity index (χ4n) is 6.10. The Hall–Kier alpha value is -0.390. The monoisotopic (exact) mass is 338 g/mol. The first kappa shape index (κ1) is 16.1. The Morgan fingerprint density at radius 1 is 1.00 bits per heavy atom. The zero-order valence-corrected chi connectivity index (χ0v) is 15.1. The lowest BCUT2D eigenvalue weighted by Crippen LogP contribution is -3.14. The molecule has 5 heteroatoms. The molecule has 4 nitrogen and oxygen atoms in total. The first-order chi connectivity index (χ1) is 11.2. The number of morpholine rings is 1. The smallest absolute Gasteiger partial charge is 0.166 e. The molecule has 0 radical (unpaired) electrons. The molecule has 0 atom stereocenters. The molecule has 0 aromatic carbocycles. The third-order valence-corrected chi connectivity index (χ3v) is 7.04. The van der Waals surface area contributed by atoms with Gasteiger partial charge in [0.05, 0.1) is 26.3 Å². The van der Waals surface area contributed by atoms with Crippen LogP contribution < -0.4 is 15.5 Å². The maximum atomic E-state index is 5.52. The van der Waals surface area contributed by atoms with Crippen LogP contribution in [0.1, 0.15) is 38.5 Å². The van der Waals surface area contributed by atoms with Gasteiger partial charge >= 0.3 is 0 Å². The van der Waals surface area contributed by atoms with Crippen LogP contribution in [0.3, 0.4) is 0 Å². The molecular weight excluding hydrogens is 306 g/mol. The summed E-state index contributed by atoms with van der Waals surface area (Å²) < 4.78 is 5.40. The highest BCUT2D eigenvalue weighted by molar-refractivity contribution is 7.80. The number of nitrogens with one attached hydrogen (secondary N) is 3. The van der Waals surface area contributed by atoms with E-state index in [-0.39, 0.29) is 0 Å². The van der Waals surface area contributed by atoms with E-state index >= 15 is 0 Å². The van der Waals surface area contributed by atoms with Gasteiger partial charge in [0.25, 0.3) is 0 Å². The van der Waals surface area contributed by atoms with E-state index in [0.717, 1.165) is 68.8 Å². The summed E-state index contributed by atoms with van der Waals surface area (Å²) in [5.41, 5.74) is 0.565. The van der Waals surface area contributed by atoms with Gasteiger partial charge in [0, 0.05) is 6.54 Å². The number of rotatable bonds is 5. The first-order valence-electron chi connectivity index (χ1n) is 9.64. The van der Waals surface area contributed by atoms with Crippen molar-refractivity contribution in [2.24, 2.45) is 23.2 Å². The standard InChI is InChI=1S/C18H31N3OS/c23-17(19-1-2-21-3-5-22-6-4-21)20-13-18-10-14-7-15(11-18)9-16(8-14)12-18/h14-16H,1-13H2,(H2,19,20,23)/p+1. The fourth-order valence-corrected chi connectivity index (χ4v) is 6.27. The summed E-state index contributed by atoms with van der Waals surface area (Å²) in [6.45, 7) is 7.30. The highest BCUT2D eigenvalue weighted by Gasteiger charge is 2.50. The van der Waals surface area contributed by atoms with Gasteiger partial charge in [-0.25, -0.2) is 0 Å². The molecule has 5 aliphatic rings. The lowest BCUT2D eigenvalue weighted by molar-refractivity contribution is -0.906. The van der Waals surface area contributed by atoms with Crippen LogP contribution in [-0.2, 0) is 4.74 Å². The molecule has 4 saturated carbocycles. The minimum atomic E-state index is 0.565. The number of hydrogen-bond acceptors (Lipinski definition) is 2. The van der Waals surface area contributed by atoms with E-state index in [4.69, 9.17) is 17.0 Å². The maximum Gasteiger partial charge on any atom is 0.166 e. The Morgan fingerprint density at radius 3 is 2.22 bits per heavy atom. The molecule has 0 spiro atoms. The molecule has 4 aliphatic carbocycles. The van der Waals surface area contributed by atoms with E-state index in [2.05, 4.69) is 10.6 Å². The second-order valence-electron chi connectivity index (χ2n) is 8.64. The minimum absolute atomic E-state index is 0.565. The highest BCUT2D eigenvalue weighted by atomic mass is 32.1. The van der Waals surface area contributed by atoms with Gasteiger partial charge in [-0.3, -0.25) is 0 Å². The Labute approximate surface area is 145 Å². The van der Waals surface area contributed by atoms with Crippen LogP contribution >= 0.6 is 12.2 Å². The Kier molecular flexibility index (Phi) is 4.79. The van der Waals surface area contributed by atoms with Crippen molar-refractivity contribution in [3.8, 4) is 0 Å². The highest BCUT2D eigenvalue weighted by Crippen LogP contribution is 2.59. The zero-order chi connectivity index (χ0) is 15.7. The van der Waals surface area contributed by atoms with Crippen molar-refractivity contribution in [1.29, 1.82) is 0 Å². The van der Waals surface area contributed by atoms with Gasteiger partial charge in [-0.1, -0.05) is 0 Å². The molecule has 4 bridgehead atoms. The van der Waals surface area contributed by atoms with Crippen molar-refractivity contribution in [3.63, 3.8) is 0 Å². The van der Waals surface area contributed by atoms with Crippen LogP contribution in [0, 0.1) is 23.2 Å². The Bertz CT molecular complexity index is 401. The first-order valence-corrected chi connectivity index (χ1v) is 10.0. The summed E-state index contributed by atoms with van der Waals surface area (Å²) in [4.78, 5) is 1.63. The van der Waals surface area contributed by atoms with Crippen LogP contribution in [0.25, 0.3) is 0 Å². The number of thiocarbonyl (C=S) groups is 1. The summed E-state index contributed by atoms with van der Waals surface area (Å²) in [6.07, 6.45) is 8.91. The molecular formula is C18H32N3OS+. The van der Waals surface area contributed by atoms with Gasteiger partial charge in [0.2, 0.25) is 0 Å². The van der Waals surface area contributed by atoms with Gasteiger partial charge in [-0.05, 0) is 73.9 Å². The zero-order valence-electron chi connectivity index (χ0n) is 14.2. The van der Waals surface area contributed by atoms with E-state index in [1.165, 1.54) is 38.5 Å². The van der Waals surface area contributed by atoms with E-state index in [1.807, 2.05) is 0 Å². The molecule has 5 fully saturated rings. The van der Waals surface area contributed by atoms with Crippen molar-refractivity contribution in [2.45, 2.75) is 38.5 Å². The normalized spacial score (nSPS) is 39.4. The van der Waals surface area contributed by atoms with Crippen LogP contribution in [0.15, 0.2) is 0 Å². The third kappa shape index (κ3) is 3.83. The number of quaternary nitrogens is 1. The molecule has 1 heterocycles. The van der Waals surface area contributed by atoms with E-state index < -0.39 is 0 Å². The lowest BCUT2D eigenvalue weighted by Gasteiger charge is -2.57. The molecule has 1 saturated heterocycles. The van der Waals surface area contributed by atoms with Gasteiger partial charge in [-0.15, -0.1) is 0 Å². The fraction of sp³-hybridized carbons (Fsp3) is 0.944. The average Bonchev–Trinajstić information content (AvgIpc) is 2.53. The minimum Gasteiger partial charge on any atom is -0.370 e. The topological polar surface area (TPSA) is 37.7 Å². The van der Waals surface area contributed by atoms with Crippen LogP contribution in [-0.4, -0.2) is 51.0 Å². The van der Waals surface area contributed by atoms with E-state index in [0.29, 0.717) is 5.41 Å². The average molecular weight is 339 g/mol. The van der Waals surface area contributed by atoms with Crippen molar-refractivity contribution >= 4 is 17.3 Å². The second kappa shape index (κ2) is 6.85. The van der Waals surface area contributed by atoms with Crippen LogP contribution in [0.2, 0.25) is 0 Å². The van der Waals surface area contributed by atoms with Crippen molar-refractivity contribution in [2.75, 3.05) is 45.9 Å². The van der Waals surface area contributed by atoms with E-state index in [1.54, 1.807) is 4.90 Å². The van der Waals surface area contributed by atoms with Crippen molar-refractivity contribution in [3.05, 3.63) is 0 Å². The van der Waals surface area contributed by atoms with Gasteiger partial charge < -0.3 is 20.3 Å². The summed E-state index contributed by atoms with van der Waals surface area (Å²) >= 11 is 5.52. The molecule has 0 aromatic heterocycles. The summed E-state index contributed by atoms with van der Waals surface area (Å²) in [7, 11) is 0. The molecule has 3 N–H and O–H groups in total. The molecule has 0 aromatic rings. The molecule has 0 unspecified atom stereocenters. The number of hydrogen-bond donors (Lipinski definition) is 3. The Balaban J connectivity index is 1.18. The predicted molar refractivity (Wildman–Crippen MR) is 95.6 cm³/mol. The van der Waals surface area contributed by atoms with Crippen LogP contribution in [0.4, 0.5) is 0 Å². The van der Waals surface area contributed by atoms with E-state index in [9.17, 15) is 0 Å². The summed E-state index contributed by atoms with van der Waals surface area (Å²) in [5.74, 6) is 3.07. The van der Waals surface area contributed by atoms with Crippen molar-refractivity contribution < 1.29 is 9.64 Å². The summed E-state index contributed by atoms with van der Waals surface area (Å²) in [6, 6.07) is 0. The third-order valence-electron chi connectivity index (χ3n) is 6.75. The summed E-state index contributed by atoms with van der Waals surface area (Å²) in [5, 5.41) is 7.85. The molecule has 1 aliphatic heterocycles. The molecule has 5 rings (SSSR count). The predicted octanol–water partition coefficient (Wildman–Crippen LogP) is 0.582. The van der Waals surface area contributed by atoms with Crippen LogP contribution in [0.5, 0.6) is 0 Å². The van der Waals surface area contributed by atoms with Gasteiger partial charge in [0.15, 0.2) is 5.11 Å². The van der Waals surface area contributed by atoms with Crippen molar-refractivity contribution in [1.82, 2.24) is 10.6 Å². The van der Waals surface area contributed by atoms with Gasteiger partial charge in [-0.2, -0.15) is 0 Å². The number of ether oxygens (including phenoxy) is 1. The maximum absolute atomic E-state index is 5.52. The van der Waals surface area contributed by atoms with Gasteiger partial charge in [0.1, 0.15) is 13.1 Å². The molecule has 0 amide bonds. The Morgan fingerprint density at radius 2 is 1.61 bits per heavy atom. The quantitative estimate of drug-likeness (QED) is 0.641. The lowest BCUT2D eigenvalue weighted by atomic mass is 9.49. The molecule has 23 heavy (non-hydrogen) atoms. The SMILES string of the molecule is S=C(NCC[NH+]1CCOCC1)NCC12CC3CC(CC(C3)C1)C2. The molecule has 130 valence electrons.